The number of hydrogen-bond donors (Lipinski definition) is 1. The molecule has 0 unspecified atom stereocenters. The first-order chi connectivity index (χ1) is 8.83. The summed E-state index contributed by atoms with van der Waals surface area (Å²) in [5.74, 6) is 0.529. The highest BCUT2D eigenvalue weighted by molar-refractivity contribution is 5.48. The zero-order valence-electron chi connectivity index (χ0n) is 9.97. The van der Waals surface area contributed by atoms with E-state index >= 15 is 0 Å². The van der Waals surface area contributed by atoms with Crippen LogP contribution in [0, 0.1) is 0 Å². The zero-order chi connectivity index (χ0) is 12.8. The summed E-state index contributed by atoms with van der Waals surface area (Å²) in [5, 5.41) is 6.39. The molecule has 5 nitrogen and oxygen atoms in total. The topological polar surface area (TPSA) is 63.6 Å². The molecule has 0 spiro atoms. The molecular weight excluding hydrogens is 235 g/mol. The van der Waals surface area contributed by atoms with Gasteiger partial charge in [-0.2, -0.15) is 5.10 Å². The largest absolute Gasteiger partial charge is 0.343 e. The molecule has 96 valence electrons. The average molecular weight is 250 g/mol. The van der Waals surface area contributed by atoms with Crippen LogP contribution in [0.1, 0.15) is 19.3 Å². The first-order valence-corrected chi connectivity index (χ1v) is 5.95. The molecule has 0 fully saturated rings. The van der Waals surface area contributed by atoms with Crippen molar-refractivity contribution in [3.8, 4) is 11.5 Å². The summed E-state index contributed by atoms with van der Waals surface area (Å²) >= 11 is 0. The number of aromatic amines is 1. The number of rotatable bonds is 6. The molecule has 0 aliphatic rings. The quantitative estimate of drug-likeness (QED) is 0.795. The van der Waals surface area contributed by atoms with Gasteiger partial charge in [0.1, 0.15) is 5.69 Å². The van der Waals surface area contributed by atoms with Crippen LogP contribution in [-0.2, 0) is 6.54 Å². The molecule has 0 saturated heterocycles. The molecule has 2 aromatic rings. The third-order valence-corrected chi connectivity index (χ3v) is 2.67. The fourth-order valence-corrected chi connectivity index (χ4v) is 1.76. The van der Waals surface area contributed by atoms with Gasteiger partial charge in [0.25, 0.3) is 0 Å². The zero-order valence-corrected chi connectivity index (χ0v) is 9.97. The molecule has 0 amide bonds. The Labute approximate surface area is 104 Å². The standard InChI is InChI=1S/C12H15FN4O/c13-7-3-1-5-9-17-11(15-16-12(17)18)10-6-2-4-8-14-10/h2,4,6,8H,1,3,5,7,9H2,(H,16,18). The number of alkyl halides is 1. The van der Waals surface area contributed by atoms with Gasteiger partial charge in [-0.25, -0.2) is 9.89 Å². The minimum Gasteiger partial charge on any atom is -0.274 e. The van der Waals surface area contributed by atoms with E-state index in [2.05, 4.69) is 15.2 Å². The van der Waals surface area contributed by atoms with Crippen LogP contribution in [0.25, 0.3) is 11.5 Å². The first kappa shape index (κ1) is 12.5. The number of nitrogens with one attached hydrogen (secondary N) is 1. The average Bonchev–Trinajstić information content (AvgIpc) is 2.77. The third kappa shape index (κ3) is 2.82. The van der Waals surface area contributed by atoms with Crippen molar-refractivity contribution < 1.29 is 4.39 Å². The van der Waals surface area contributed by atoms with E-state index in [1.165, 1.54) is 0 Å². The van der Waals surface area contributed by atoms with Gasteiger partial charge < -0.3 is 0 Å². The second kappa shape index (κ2) is 6.09. The second-order valence-electron chi connectivity index (χ2n) is 3.97. The maximum absolute atomic E-state index is 12.0. The Hall–Kier alpha value is -1.98. The van der Waals surface area contributed by atoms with E-state index in [0.29, 0.717) is 24.5 Å². The number of nitrogens with zero attached hydrogens (tertiary/aromatic N) is 3. The molecule has 6 heteroatoms. The van der Waals surface area contributed by atoms with Crippen molar-refractivity contribution in [3.63, 3.8) is 0 Å². The van der Waals surface area contributed by atoms with Gasteiger partial charge in [0.2, 0.25) is 0 Å². The van der Waals surface area contributed by atoms with Gasteiger partial charge in [0.05, 0.1) is 6.67 Å². The van der Waals surface area contributed by atoms with Crippen molar-refractivity contribution >= 4 is 0 Å². The minimum atomic E-state index is -0.312. The van der Waals surface area contributed by atoms with E-state index in [-0.39, 0.29) is 12.4 Å². The normalized spacial score (nSPS) is 10.7. The van der Waals surface area contributed by atoms with Gasteiger partial charge >= 0.3 is 5.69 Å². The monoisotopic (exact) mass is 250 g/mol. The van der Waals surface area contributed by atoms with Crippen LogP contribution in [0.2, 0.25) is 0 Å². The van der Waals surface area contributed by atoms with Gasteiger partial charge in [-0.05, 0) is 31.4 Å². The van der Waals surface area contributed by atoms with E-state index in [4.69, 9.17) is 0 Å². The molecule has 2 aromatic heterocycles. The van der Waals surface area contributed by atoms with Crippen molar-refractivity contribution in [1.29, 1.82) is 0 Å². The van der Waals surface area contributed by atoms with Crippen molar-refractivity contribution in [2.75, 3.05) is 6.67 Å². The van der Waals surface area contributed by atoms with Gasteiger partial charge in [-0.3, -0.25) is 13.9 Å². The lowest BCUT2D eigenvalue weighted by Crippen LogP contribution is -2.18. The van der Waals surface area contributed by atoms with Gasteiger partial charge in [-0.1, -0.05) is 6.07 Å². The molecule has 0 aliphatic heterocycles. The Morgan fingerprint density at radius 2 is 2.17 bits per heavy atom. The molecule has 0 bridgehead atoms. The summed E-state index contributed by atoms with van der Waals surface area (Å²) in [6.45, 7) is 0.217. The number of hydrogen-bond acceptors (Lipinski definition) is 3. The molecule has 2 rings (SSSR count). The number of unbranched alkanes of at least 4 members (excludes halogenated alkanes) is 2. The predicted octanol–water partition coefficient (Wildman–Crippen LogP) is 1.77. The van der Waals surface area contributed by atoms with Crippen LogP contribution in [-0.4, -0.2) is 26.4 Å². The Kier molecular flexibility index (Phi) is 4.22. The van der Waals surface area contributed by atoms with Crippen LogP contribution in [0.3, 0.4) is 0 Å². The molecule has 0 saturated carbocycles. The van der Waals surface area contributed by atoms with Crippen molar-refractivity contribution in [2.24, 2.45) is 0 Å². The lowest BCUT2D eigenvalue weighted by Gasteiger charge is -2.04. The van der Waals surface area contributed by atoms with Gasteiger partial charge in [-0.15, -0.1) is 0 Å². The number of halogens is 1. The van der Waals surface area contributed by atoms with Crippen LogP contribution in [0.15, 0.2) is 29.2 Å². The highest BCUT2D eigenvalue weighted by Crippen LogP contribution is 2.11. The third-order valence-electron chi connectivity index (χ3n) is 2.67. The lowest BCUT2D eigenvalue weighted by molar-refractivity contribution is 0.447. The van der Waals surface area contributed by atoms with Crippen molar-refractivity contribution in [1.82, 2.24) is 19.7 Å². The van der Waals surface area contributed by atoms with E-state index in [1.807, 2.05) is 6.07 Å². The summed E-state index contributed by atoms with van der Waals surface area (Å²) in [4.78, 5) is 15.8. The Morgan fingerprint density at radius 1 is 1.28 bits per heavy atom. The SMILES string of the molecule is O=c1[nH]nc(-c2ccccn2)n1CCCCCF. The summed E-state index contributed by atoms with van der Waals surface area (Å²) in [7, 11) is 0. The van der Waals surface area contributed by atoms with Crippen molar-refractivity contribution in [3.05, 3.63) is 34.9 Å². The maximum atomic E-state index is 12.0. The van der Waals surface area contributed by atoms with Gasteiger partial charge in [0, 0.05) is 12.7 Å². The molecule has 0 aromatic carbocycles. The first-order valence-electron chi connectivity index (χ1n) is 5.95. The van der Waals surface area contributed by atoms with Gasteiger partial charge in [0.15, 0.2) is 5.82 Å². The highest BCUT2D eigenvalue weighted by atomic mass is 19.1. The minimum absolute atomic E-state index is 0.254. The number of pyridine rings is 1. The number of H-pyrrole nitrogens is 1. The maximum Gasteiger partial charge on any atom is 0.343 e. The van der Waals surface area contributed by atoms with Crippen LogP contribution < -0.4 is 5.69 Å². The fraction of sp³-hybridized carbons (Fsp3) is 0.417. The highest BCUT2D eigenvalue weighted by Gasteiger charge is 2.10. The van der Waals surface area contributed by atoms with Crippen LogP contribution >= 0.6 is 0 Å². The summed E-state index contributed by atoms with van der Waals surface area (Å²) < 4.78 is 13.5. The van der Waals surface area contributed by atoms with Crippen LogP contribution in [0.5, 0.6) is 0 Å². The molecule has 0 atom stereocenters. The van der Waals surface area contributed by atoms with E-state index in [0.717, 1.165) is 12.8 Å². The Balaban J connectivity index is 2.15. The second-order valence-corrected chi connectivity index (χ2v) is 3.97. The molecule has 2 heterocycles. The smallest absolute Gasteiger partial charge is 0.274 e. The summed E-state index contributed by atoms with van der Waals surface area (Å²) in [6, 6.07) is 5.45. The van der Waals surface area contributed by atoms with E-state index in [9.17, 15) is 9.18 Å². The summed E-state index contributed by atoms with van der Waals surface area (Å²) in [6.07, 6.45) is 3.70. The fourth-order valence-electron chi connectivity index (χ4n) is 1.76. The summed E-state index contributed by atoms with van der Waals surface area (Å²) in [5.41, 5.74) is 0.400. The Morgan fingerprint density at radius 3 is 2.89 bits per heavy atom. The lowest BCUT2D eigenvalue weighted by atomic mass is 10.2. The van der Waals surface area contributed by atoms with Crippen LogP contribution in [0.4, 0.5) is 4.39 Å². The van der Waals surface area contributed by atoms with E-state index < -0.39 is 0 Å². The van der Waals surface area contributed by atoms with Crippen molar-refractivity contribution in [2.45, 2.75) is 25.8 Å². The Bertz CT molecular complexity index is 535. The molecule has 0 aliphatic carbocycles. The van der Waals surface area contributed by atoms with E-state index in [1.54, 1.807) is 22.9 Å². The predicted molar refractivity (Wildman–Crippen MR) is 65.9 cm³/mol. The number of aromatic nitrogens is 4. The molecule has 0 radical (unpaired) electrons. The molecule has 18 heavy (non-hydrogen) atoms. The molecular formula is C12H15FN4O. The molecule has 1 N–H and O–H groups in total.